The van der Waals surface area contributed by atoms with Crippen LogP contribution in [0.3, 0.4) is 0 Å². The van der Waals surface area contributed by atoms with Crippen LogP contribution in [-0.4, -0.2) is 50.8 Å². The first kappa shape index (κ1) is 20.8. The molecular formula is C21H20ClN7O2S. The van der Waals surface area contributed by atoms with E-state index in [1.165, 1.54) is 22.2 Å². The Morgan fingerprint density at radius 3 is 2.75 bits per heavy atom. The minimum absolute atomic E-state index is 0.218. The molecule has 0 atom stereocenters. The summed E-state index contributed by atoms with van der Waals surface area (Å²) in [4.78, 5) is 33.3. The third-order valence-corrected chi connectivity index (χ3v) is 6.37. The molecule has 1 aliphatic rings. The standard InChI is InChI=1S/C21H20ClN7O2S/c1-12-4-3-5-14(22)16(12)29-11-23-18-17(19(29)30)32-21(27-18)26-15-10-13(2)24-20(25-15)28-6-8-31-9-7-28/h3-5,10-11H,6-9H2,1-2H3,(H,24,25,26,27). The number of aromatic nitrogens is 5. The third-order valence-electron chi connectivity index (χ3n) is 5.12. The van der Waals surface area contributed by atoms with Gasteiger partial charge < -0.3 is 15.0 Å². The van der Waals surface area contributed by atoms with Gasteiger partial charge in [-0.25, -0.2) is 9.97 Å². The number of aryl methyl sites for hydroxylation is 2. The molecule has 1 N–H and O–H groups in total. The number of fused-ring (bicyclic) bond motifs is 1. The smallest absolute Gasteiger partial charge is 0.277 e. The Balaban J connectivity index is 1.49. The van der Waals surface area contributed by atoms with Crippen molar-refractivity contribution in [1.82, 2.24) is 24.5 Å². The van der Waals surface area contributed by atoms with Gasteiger partial charge in [0.2, 0.25) is 5.95 Å². The molecule has 3 aromatic heterocycles. The van der Waals surface area contributed by atoms with Crippen molar-refractivity contribution in [2.45, 2.75) is 13.8 Å². The molecule has 11 heteroatoms. The van der Waals surface area contributed by atoms with Crippen molar-refractivity contribution < 1.29 is 4.74 Å². The van der Waals surface area contributed by atoms with Gasteiger partial charge in [-0.15, -0.1) is 0 Å². The summed E-state index contributed by atoms with van der Waals surface area (Å²) in [6.45, 7) is 6.62. The number of morpholine rings is 1. The number of nitrogens with zero attached hydrogens (tertiary/aromatic N) is 6. The molecule has 0 spiro atoms. The normalized spacial score (nSPS) is 14.2. The van der Waals surface area contributed by atoms with Gasteiger partial charge in [0.1, 0.15) is 16.8 Å². The second kappa shape index (κ2) is 8.45. The molecule has 1 aliphatic heterocycles. The SMILES string of the molecule is Cc1cc(Nc2nc3ncn(-c4c(C)cccc4Cl)c(=O)c3s2)nc(N2CCOCC2)n1. The van der Waals surface area contributed by atoms with Crippen LogP contribution in [0.25, 0.3) is 16.0 Å². The maximum Gasteiger partial charge on any atom is 0.277 e. The summed E-state index contributed by atoms with van der Waals surface area (Å²) in [5.41, 5.74) is 2.50. The van der Waals surface area contributed by atoms with Crippen molar-refractivity contribution in [3.05, 3.63) is 57.2 Å². The number of hydrogen-bond acceptors (Lipinski definition) is 9. The molecule has 9 nitrogen and oxygen atoms in total. The van der Waals surface area contributed by atoms with Gasteiger partial charge in [0.25, 0.3) is 5.56 Å². The molecule has 0 saturated carbocycles. The Kier molecular flexibility index (Phi) is 5.50. The highest BCUT2D eigenvalue weighted by Crippen LogP contribution is 2.27. The Morgan fingerprint density at radius 1 is 1.16 bits per heavy atom. The van der Waals surface area contributed by atoms with Crippen LogP contribution in [0.15, 0.2) is 35.4 Å². The molecule has 1 aromatic carbocycles. The Bertz CT molecular complexity index is 1340. The summed E-state index contributed by atoms with van der Waals surface area (Å²) in [7, 11) is 0. The number of rotatable bonds is 4. The molecule has 0 radical (unpaired) electrons. The van der Waals surface area contributed by atoms with Crippen molar-refractivity contribution in [1.29, 1.82) is 0 Å². The second-order valence-corrected chi connectivity index (χ2v) is 8.82. The Labute approximate surface area is 192 Å². The first-order valence-corrected chi connectivity index (χ1v) is 11.3. The lowest BCUT2D eigenvalue weighted by atomic mass is 10.2. The van der Waals surface area contributed by atoms with Crippen molar-refractivity contribution >= 4 is 50.2 Å². The quantitative estimate of drug-likeness (QED) is 0.485. The van der Waals surface area contributed by atoms with Crippen LogP contribution in [-0.2, 0) is 4.74 Å². The lowest BCUT2D eigenvalue weighted by Gasteiger charge is -2.27. The lowest BCUT2D eigenvalue weighted by Crippen LogP contribution is -2.37. The number of benzene rings is 1. The molecule has 4 aromatic rings. The summed E-state index contributed by atoms with van der Waals surface area (Å²) in [6, 6.07) is 7.35. The van der Waals surface area contributed by atoms with Gasteiger partial charge >= 0.3 is 0 Å². The van der Waals surface area contributed by atoms with Crippen LogP contribution in [0.5, 0.6) is 0 Å². The van der Waals surface area contributed by atoms with Crippen LogP contribution in [0.2, 0.25) is 5.02 Å². The number of thiazole rings is 1. The molecule has 0 bridgehead atoms. The average Bonchev–Trinajstić information content (AvgIpc) is 3.19. The minimum Gasteiger partial charge on any atom is -0.378 e. The zero-order chi connectivity index (χ0) is 22.2. The topological polar surface area (TPSA) is 98.1 Å². The monoisotopic (exact) mass is 469 g/mol. The van der Waals surface area contributed by atoms with Gasteiger partial charge in [0.05, 0.1) is 23.9 Å². The summed E-state index contributed by atoms with van der Waals surface area (Å²) in [5.74, 6) is 1.26. The van der Waals surface area contributed by atoms with E-state index in [1.807, 2.05) is 32.0 Å². The Morgan fingerprint density at radius 2 is 1.97 bits per heavy atom. The minimum atomic E-state index is -0.218. The number of nitrogens with one attached hydrogen (secondary N) is 1. The van der Waals surface area contributed by atoms with Gasteiger partial charge in [0.15, 0.2) is 10.8 Å². The average molecular weight is 470 g/mol. The molecule has 1 fully saturated rings. The van der Waals surface area contributed by atoms with E-state index in [0.29, 0.717) is 51.2 Å². The van der Waals surface area contributed by atoms with Crippen molar-refractivity contribution in [3.8, 4) is 5.69 Å². The molecule has 0 unspecified atom stereocenters. The van der Waals surface area contributed by atoms with Gasteiger partial charge in [-0.05, 0) is 25.5 Å². The van der Waals surface area contributed by atoms with Crippen LogP contribution >= 0.6 is 22.9 Å². The second-order valence-electron chi connectivity index (χ2n) is 7.42. The number of halogens is 1. The maximum absolute atomic E-state index is 13.2. The molecule has 32 heavy (non-hydrogen) atoms. The van der Waals surface area contributed by atoms with Crippen molar-refractivity contribution in [2.24, 2.45) is 0 Å². The fourth-order valence-corrected chi connectivity index (χ4v) is 4.75. The molecule has 1 saturated heterocycles. The van der Waals surface area contributed by atoms with Gasteiger partial charge in [-0.1, -0.05) is 35.1 Å². The predicted octanol–water partition coefficient (Wildman–Crippen LogP) is 3.48. The fourth-order valence-electron chi connectivity index (χ4n) is 3.59. The molecule has 4 heterocycles. The van der Waals surface area contributed by atoms with Crippen molar-refractivity contribution in [3.63, 3.8) is 0 Å². The first-order valence-electron chi connectivity index (χ1n) is 10.1. The van der Waals surface area contributed by atoms with E-state index in [4.69, 9.17) is 16.3 Å². The summed E-state index contributed by atoms with van der Waals surface area (Å²) < 4.78 is 7.31. The predicted molar refractivity (Wildman–Crippen MR) is 126 cm³/mol. The summed E-state index contributed by atoms with van der Waals surface area (Å²) >= 11 is 7.59. The molecule has 5 rings (SSSR count). The number of ether oxygens (including phenoxy) is 1. The third kappa shape index (κ3) is 3.92. The van der Waals surface area contributed by atoms with E-state index in [-0.39, 0.29) is 5.56 Å². The highest BCUT2D eigenvalue weighted by atomic mass is 35.5. The molecule has 164 valence electrons. The fraction of sp³-hybridized carbons (Fsp3) is 0.286. The summed E-state index contributed by atoms with van der Waals surface area (Å²) in [5, 5.41) is 4.23. The zero-order valence-electron chi connectivity index (χ0n) is 17.5. The van der Waals surface area contributed by atoms with E-state index >= 15 is 0 Å². The molecule has 0 aliphatic carbocycles. The van der Waals surface area contributed by atoms with Gasteiger partial charge in [0, 0.05) is 24.8 Å². The van der Waals surface area contributed by atoms with E-state index in [9.17, 15) is 4.79 Å². The Hall–Kier alpha value is -3.08. The van der Waals surface area contributed by atoms with Crippen LogP contribution in [0.4, 0.5) is 16.9 Å². The number of para-hydroxylation sites is 1. The van der Waals surface area contributed by atoms with E-state index in [1.54, 1.807) is 6.07 Å². The van der Waals surface area contributed by atoms with Crippen LogP contribution in [0.1, 0.15) is 11.3 Å². The number of hydrogen-bond donors (Lipinski definition) is 1. The van der Waals surface area contributed by atoms with Crippen LogP contribution < -0.4 is 15.8 Å². The summed E-state index contributed by atoms with van der Waals surface area (Å²) in [6.07, 6.45) is 1.47. The van der Waals surface area contributed by atoms with E-state index < -0.39 is 0 Å². The van der Waals surface area contributed by atoms with E-state index in [2.05, 4.69) is 30.2 Å². The maximum atomic E-state index is 13.2. The lowest BCUT2D eigenvalue weighted by molar-refractivity contribution is 0.122. The van der Waals surface area contributed by atoms with Gasteiger partial charge in [-0.3, -0.25) is 9.36 Å². The van der Waals surface area contributed by atoms with Crippen LogP contribution in [0, 0.1) is 13.8 Å². The van der Waals surface area contributed by atoms with Crippen molar-refractivity contribution in [2.75, 3.05) is 36.5 Å². The van der Waals surface area contributed by atoms with E-state index in [0.717, 1.165) is 24.3 Å². The highest BCUT2D eigenvalue weighted by molar-refractivity contribution is 7.22. The molecule has 0 amide bonds. The molecular weight excluding hydrogens is 450 g/mol. The highest BCUT2D eigenvalue weighted by Gasteiger charge is 2.17. The zero-order valence-corrected chi connectivity index (χ0v) is 19.1. The van der Waals surface area contributed by atoms with Gasteiger partial charge in [-0.2, -0.15) is 9.97 Å². The number of anilines is 3. The largest absolute Gasteiger partial charge is 0.378 e. The first-order chi connectivity index (χ1) is 15.5.